The highest BCUT2D eigenvalue weighted by molar-refractivity contribution is 5.05. The molecule has 300 valence electrons. The standard InChI is InChI=1S/C52H87N/c1-4-13-36(14-5-1)39-23-25-47(26-24-39)53(49-33-43(37-15-6-2-7-16-37)32-44(34-49)38-17-8-3-9-18-38)48-27-28-51-46(35-48)31-42-21-12-22-50(52(42)51)45-29-40-19-10-11-20-41(40)30-45/h36-52H,1-35H2. The molecule has 0 amide bonds. The highest BCUT2D eigenvalue weighted by Crippen LogP contribution is 2.62. The molecule has 0 aromatic heterocycles. The Balaban J connectivity index is 0.886. The second-order valence-corrected chi connectivity index (χ2v) is 23.2. The van der Waals surface area contributed by atoms with E-state index in [1.54, 1.807) is 205 Å². The molecule has 0 heterocycles. The van der Waals surface area contributed by atoms with E-state index in [0.717, 1.165) is 101 Å². The van der Waals surface area contributed by atoms with Crippen LogP contribution in [-0.4, -0.2) is 23.0 Å². The largest absolute Gasteiger partial charge is 0.294 e. The predicted octanol–water partition coefficient (Wildman–Crippen LogP) is 14.8. The van der Waals surface area contributed by atoms with Crippen molar-refractivity contribution in [3.63, 3.8) is 0 Å². The normalized spacial score (nSPS) is 47.9. The Hall–Kier alpha value is -0.0400. The van der Waals surface area contributed by atoms with Crippen molar-refractivity contribution in [1.82, 2.24) is 4.90 Å². The summed E-state index contributed by atoms with van der Waals surface area (Å²) in [6.45, 7) is 0. The van der Waals surface area contributed by atoms with E-state index in [0.29, 0.717) is 0 Å². The van der Waals surface area contributed by atoms with Gasteiger partial charge in [-0.3, -0.25) is 4.90 Å². The lowest BCUT2D eigenvalue weighted by Crippen LogP contribution is -2.55. The minimum absolute atomic E-state index is 0.928. The van der Waals surface area contributed by atoms with Crippen LogP contribution in [-0.2, 0) is 0 Å². The van der Waals surface area contributed by atoms with E-state index in [9.17, 15) is 0 Å². The zero-order valence-electron chi connectivity index (χ0n) is 35.0. The van der Waals surface area contributed by atoms with E-state index < -0.39 is 0 Å². The Morgan fingerprint density at radius 1 is 0.208 bits per heavy atom. The van der Waals surface area contributed by atoms with Gasteiger partial charge in [0.15, 0.2) is 0 Å². The van der Waals surface area contributed by atoms with Crippen LogP contribution in [0.25, 0.3) is 0 Å². The van der Waals surface area contributed by atoms with Gasteiger partial charge in [-0.25, -0.2) is 0 Å². The average molecular weight is 726 g/mol. The summed E-state index contributed by atoms with van der Waals surface area (Å²) in [4.78, 5) is 3.50. The Bertz CT molecular complexity index is 1090. The Morgan fingerprint density at radius 3 is 1.21 bits per heavy atom. The van der Waals surface area contributed by atoms with Gasteiger partial charge >= 0.3 is 0 Å². The van der Waals surface area contributed by atoms with Crippen LogP contribution in [0.3, 0.4) is 0 Å². The first kappa shape index (κ1) is 37.2. The molecule has 1 heteroatoms. The summed E-state index contributed by atoms with van der Waals surface area (Å²) in [5.74, 6) is 15.4. The van der Waals surface area contributed by atoms with Crippen molar-refractivity contribution < 1.29 is 0 Å². The zero-order valence-corrected chi connectivity index (χ0v) is 35.0. The fourth-order valence-electron chi connectivity index (χ4n) is 18.6. The number of fused-ring (bicyclic) bond motifs is 4. The second kappa shape index (κ2) is 17.1. The third-order valence-electron chi connectivity index (χ3n) is 20.9. The van der Waals surface area contributed by atoms with E-state index >= 15 is 0 Å². The molecule has 53 heavy (non-hydrogen) atoms. The lowest BCUT2D eigenvalue weighted by atomic mass is 9.62. The van der Waals surface area contributed by atoms with Crippen LogP contribution >= 0.6 is 0 Å². The van der Waals surface area contributed by atoms with Gasteiger partial charge in [-0.15, -0.1) is 0 Å². The summed E-state index contributed by atoms with van der Waals surface area (Å²) < 4.78 is 0. The molecule has 10 saturated carbocycles. The van der Waals surface area contributed by atoms with E-state index in [1.165, 1.54) is 19.3 Å². The Kier molecular flexibility index (Phi) is 12.0. The van der Waals surface area contributed by atoms with Crippen LogP contribution in [0.15, 0.2) is 0 Å². The van der Waals surface area contributed by atoms with Gasteiger partial charge in [0.05, 0.1) is 0 Å². The van der Waals surface area contributed by atoms with Crippen molar-refractivity contribution in [3.8, 4) is 0 Å². The van der Waals surface area contributed by atoms with Crippen LogP contribution in [0.1, 0.15) is 225 Å². The van der Waals surface area contributed by atoms with Crippen LogP contribution in [0.4, 0.5) is 0 Å². The number of hydrogen-bond donors (Lipinski definition) is 0. The SMILES string of the molecule is C1CCC(C2CCC(N(C3CC(C4CCCCC4)CC(C4CCCCC4)C3)C3CCC4C(CC5CCCC(C6CC7CCCCC7C6)C54)C3)CC2)CC1. The maximum absolute atomic E-state index is 3.50. The fourth-order valence-corrected chi connectivity index (χ4v) is 18.6. The van der Waals surface area contributed by atoms with Gasteiger partial charge in [-0.1, -0.05) is 135 Å². The van der Waals surface area contributed by atoms with E-state index in [2.05, 4.69) is 4.90 Å². The van der Waals surface area contributed by atoms with Gasteiger partial charge in [0, 0.05) is 18.1 Å². The Morgan fingerprint density at radius 2 is 0.604 bits per heavy atom. The molecule has 0 aromatic carbocycles. The van der Waals surface area contributed by atoms with Crippen LogP contribution in [0, 0.1) is 82.9 Å². The first-order valence-corrected chi connectivity index (χ1v) is 26.0. The smallest absolute Gasteiger partial charge is 0.0107 e. The molecule has 0 saturated heterocycles. The lowest BCUT2D eigenvalue weighted by molar-refractivity contribution is -0.0423. The third-order valence-corrected chi connectivity index (χ3v) is 20.9. The van der Waals surface area contributed by atoms with Gasteiger partial charge in [0.2, 0.25) is 0 Å². The van der Waals surface area contributed by atoms with Crippen molar-refractivity contribution in [2.24, 2.45) is 82.9 Å². The highest BCUT2D eigenvalue weighted by atomic mass is 15.2. The predicted molar refractivity (Wildman–Crippen MR) is 224 cm³/mol. The molecule has 10 aliphatic rings. The molecule has 0 aromatic rings. The molecule has 0 aliphatic heterocycles. The van der Waals surface area contributed by atoms with Crippen molar-refractivity contribution in [2.45, 2.75) is 243 Å². The fraction of sp³-hybridized carbons (Fsp3) is 1.00. The summed E-state index contributed by atoms with van der Waals surface area (Å²) in [6.07, 6.45) is 55.5. The summed E-state index contributed by atoms with van der Waals surface area (Å²) in [5.41, 5.74) is 0. The topological polar surface area (TPSA) is 3.24 Å². The van der Waals surface area contributed by atoms with Gasteiger partial charge in [0.1, 0.15) is 0 Å². The third kappa shape index (κ3) is 7.92. The van der Waals surface area contributed by atoms with Crippen LogP contribution < -0.4 is 0 Å². The van der Waals surface area contributed by atoms with E-state index in [4.69, 9.17) is 0 Å². The molecule has 10 fully saturated rings. The maximum Gasteiger partial charge on any atom is 0.0107 e. The first-order chi connectivity index (χ1) is 26.2. The van der Waals surface area contributed by atoms with Crippen molar-refractivity contribution >= 4 is 0 Å². The zero-order chi connectivity index (χ0) is 35.1. The van der Waals surface area contributed by atoms with Crippen molar-refractivity contribution in [3.05, 3.63) is 0 Å². The molecule has 0 spiro atoms. The number of hydrogen-bond acceptors (Lipinski definition) is 1. The molecule has 0 N–H and O–H groups in total. The molecule has 0 bridgehead atoms. The number of rotatable bonds is 7. The molecular formula is C52H87N. The van der Waals surface area contributed by atoms with Gasteiger partial charge in [-0.2, -0.15) is 0 Å². The summed E-state index contributed by atoms with van der Waals surface area (Å²) in [5, 5.41) is 0. The van der Waals surface area contributed by atoms with Gasteiger partial charge < -0.3 is 0 Å². The molecule has 10 atom stereocenters. The maximum atomic E-state index is 3.50. The summed E-state index contributed by atoms with van der Waals surface area (Å²) in [6, 6.07) is 2.79. The van der Waals surface area contributed by atoms with Crippen molar-refractivity contribution in [1.29, 1.82) is 0 Å². The van der Waals surface area contributed by atoms with Gasteiger partial charge in [-0.05, 0) is 173 Å². The first-order valence-electron chi connectivity index (χ1n) is 26.0. The Labute approximate surface area is 329 Å². The molecule has 10 rings (SSSR count). The average Bonchev–Trinajstić information content (AvgIpc) is 3.84. The van der Waals surface area contributed by atoms with E-state index in [1.807, 2.05) is 0 Å². The molecule has 1 nitrogen and oxygen atoms in total. The molecule has 10 aliphatic carbocycles. The molecule has 0 radical (unpaired) electrons. The molecular weight excluding hydrogens is 639 g/mol. The van der Waals surface area contributed by atoms with Gasteiger partial charge in [0.25, 0.3) is 0 Å². The lowest BCUT2D eigenvalue weighted by Gasteiger charge is -2.54. The van der Waals surface area contributed by atoms with Crippen molar-refractivity contribution in [2.75, 3.05) is 0 Å². The molecule has 10 unspecified atom stereocenters. The minimum Gasteiger partial charge on any atom is -0.294 e. The summed E-state index contributed by atoms with van der Waals surface area (Å²) in [7, 11) is 0. The highest BCUT2D eigenvalue weighted by Gasteiger charge is 2.54. The van der Waals surface area contributed by atoms with Crippen LogP contribution in [0.2, 0.25) is 0 Å². The van der Waals surface area contributed by atoms with E-state index in [-0.39, 0.29) is 0 Å². The number of nitrogens with zero attached hydrogens (tertiary/aromatic N) is 1. The second-order valence-electron chi connectivity index (χ2n) is 23.2. The quantitative estimate of drug-likeness (QED) is 0.253. The minimum atomic E-state index is 0.928. The van der Waals surface area contributed by atoms with Crippen LogP contribution in [0.5, 0.6) is 0 Å². The summed E-state index contributed by atoms with van der Waals surface area (Å²) >= 11 is 0. The monoisotopic (exact) mass is 726 g/mol.